The first-order chi connectivity index (χ1) is 14.0. The van der Waals surface area contributed by atoms with Crippen molar-refractivity contribution in [3.05, 3.63) is 69.3 Å². The molecule has 8 heteroatoms. The first kappa shape index (κ1) is 19.1. The number of ether oxygens (including phenoxy) is 1. The fourth-order valence-corrected chi connectivity index (χ4v) is 3.80. The molecule has 1 aliphatic rings. The number of nitro groups is 1. The van der Waals surface area contributed by atoms with Crippen LogP contribution in [0.2, 0.25) is 0 Å². The number of non-ortho nitro benzene ring substituents is 1. The van der Waals surface area contributed by atoms with E-state index in [1.54, 1.807) is 29.1 Å². The zero-order valence-corrected chi connectivity index (χ0v) is 16.2. The molecule has 1 fully saturated rings. The Balaban J connectivity index is 1.58. The number of likely N-dealkylation sites (tertiary alicyclic amines) is 1. The molecule has 0 radical (unpaired) electrons. The van der Waals surface area contributed by atoms with Gasteiger partial charge >= 0.3 is 0 Å². The quantitative estimate of drug-likeness (QED) is 0.486. The standard InChI is InChI=1S/C21H22N4O4/c1-23-10-2-3-15(12-23)13-24-14-22-20-9-8-18(11-19(20)21(24)26)29-17-6-4-16(5-7-17)25(27)28/h4-9,11,14-15H,2-3,10,12-13H2,1H3/t15-/m0/s1. The third-order valence-corrected chi connectivity index (χ3v) is 5.26. The molecule has 0 saturated carbocycles. The molecule has 29 heavy (non-hydrogen) atoms. The predicted octanol–water partition coefficient (Wildman–Crippen LogP) is 3.44. The summed E-state index contributed by atoms with van der Waals surface area (Å²) < 4.78 is 7.46. The summed E-state index contributed by atoms with van der Waals surface area (Å²) in [5.74, 6) is 1.38. The maximum atomic E-state index is 13.0. The van der Waals surface area contributed by atoms with Crippen molar-refractivity contribution < 1.29 is 9.66 Å². The topological polar surface area (TPSA) is 90.5 Å². The maximum Gasteiger partial charge on any atom is 0.269 e. The summed E-state index contributed by atoms with van der Waals surface area (Å²) in [6, 6.07) is 11.0. The minimum Gasteiger partial charge on any atom is -0.457 e. The van der Waals surface area contributed by atoms with Crippen molar-refractivity contribution in [2.75, 3.05) is 20.1 Å². The van der Waals surface area contributed by atoms with Crippen LogP contribution < -0.4 is 10.3 Å². The molecule has 0 N–H and O–H groups in total. The number of hydrogen-bond donors (Lipinski definition) is 0. The zero-order valence-electron chi connectivity index (χ0n) is 16.2. The lowest BCUT2D eigenvalue weighted by atomic mass is 9.98. The van der Waals surface area contributed by atoms with Crippen LogP contribution in [-0.4, -0.2) is 39.5 Å². The molecule has 150 valence electrons. The second kappa shape index (κ2) is 8.00. The van der Waals surface area contributed by atoms with E-state index < -0.39 is 4.92 Å². The van der Waals surface area contributed by atoms with Gasteiger partial charge in [0, 0.05) is 25.2 Å². The minimum absolute atomic E-state index is 0.00342. The SMILES string of the molecule is CN1CCC[C@H](Cn2cnc3ccc(Oc4ccc([N+](=O)[O-])cc4)cc3c2=O)C1. The van der Waals surface area contributed by atoms with Gasteiger partial charge in [0.05, 0.1) is 22.2 Å². The molecule has 0 amide bonds. The first-order valence-electron chi connectivity index (χ1n) is 9.59. The average Bonchev–Trinajstić information content (AvgIpc) is 2.71. The van der Waals surface area contributed by atoms with Crippen molar-refractivity contribution >= 4 is 16.6 Å². The van der Waals surface area contributed by atoms with E-state index in [1.165, 1.54) is 24.3 Å². The van der Waals surface area contributed by atoms with Crippen LogP contribution in [-0.2, 0) is 6.54 Å². The molecule has 2 aromatic carbocycles. The summed E-state index contributed by atoms with van der Waals surface area (Å²) >= 11 is 0. The van der Waals surface area contributed by atoms with Gasteiger partial charge in [0.15, 0.2) is 0 Å². The van der Waals surface area contributed by atoms with Gasteiger partial charge in [0.1, 0.15) is 11.5 Å². The Kier molecular flexibility index (Phi) is 5.26. The van der Waals surface area contributed by atoms with Crippen LogP contribution in [0, 0.1) is 16.0 Å². The van der Waals surface area contributed by atoms with Gasteiger partial charge in [-0.1, -0.05) is 0 Å². The molecular formula is C21H22N4O4. The molecule has 1 saturated heterocycles. The smallest absolute Gasteiger partial charge is 0.269 e. The average molecular weight is 394 g/mol. The van der Waals surface area contributed by atoms with Crippen LogP contribution in [0.4, 0.5) is 5.69 Å². The van der Waals surface area contributed by atoms with E-state index in [-0.39, 0.29) is 11.2 Å². The van der Waals surface area contributed by atoms with Crippen LogP contribution in [0.15, 0.2) is 53.6 Å². The highest BCUT2D eigenvalue weighted by atomic mass is 16.6. The molecule has 0 unspecified atom stereocenters. The Hall–Kier alpha value is -3.26. The lowest BCUT2D eigenvalue weighted by Gasteiger charge is -2.29. The van der Waals surface area contributed by atoms with E-state index in [2.05, 4.69) is 16.9 Å². The fourth-order valence-electron chi connectivity index (χ4n) is 3.80. The van der Waals surface area contributed by atoms with Gasteiger partial charge in [-0.2, -0.15) is 0 Å². The third kappa shape index (κ3) is 4.27. The summed E-state index contributed by atoms with van der Waals surface area (Å²) in [5, 5.41) is 11.3. The van der Waals surface area contributed by atoms with Gasteiger partial charge < -0.3 is 9.64 Å². The lowest BCUT2D eigenvalue weighted by Crippen LogP contribution is -2.36. The maximum absolute atomic E-state index is 13.0. The Morgan fingerprint density at radius 2 is 1.97 bits per heavy atom. The van der Waals surface area contributed by atoms with Crippen LogP contribution in [0.3, 0.4) is 0 Å². The predicted molar refractivity (Wildman–Crippen MR) is 109 cm³/mol. The molecule has 0 spiro atoms. The van der Waals surface area contributed by atoms with E-state index in [0.717, 1.165) is 25.9 Å². The zero-order chi connectivity index (χ0) is 20.4. The Bertz CT molecular complexity index is 1090. The van der Waals surface area contributed by atoms with E-state index in [9.17, 15) is 14.9 Å². The number of rotatable bonds is 5. The number of nitro benzene ring substituents is 1. The summed E-state index contributed by atoms with van der Waals surface area (Å²) in [4.78, 5) is 30.0. The highest BCUT2D eigenvalue weighted by molar-refractivity contribution is 5.79. The summed E-state index contributed by atoms with van der Waals surface area (Å²) in [7, 11) is 2.11. The lowest BCUT2D eigenvalue weighted by molar-refractivity contribution is -0.384. The molecule has 0 bridgehead atoms. The van der Waals surface area contributed by atoms with Gasteiger partial charge in [-0.05, 0) is 62.7 Å². The largest absolute Gasteiger partial charge is 0.457 e. The number of nitrogens with zero attached hydrogens (tertiary/aromatic N) is 4. The number of hydrogen-bond acceptors (Lipinski definition) is 6. The first-order valence-corrected chi connectivity index (χ1v) is 9.59. The van der Waals surface area contributed by atoms with E-state index >= 15 is 0 Å². The molecule has 2 heterocycles. The van der Waals surface area contributed by atoms with Crippen molar-refractivity contribution in [1.82, 2.24) is 14.5 Å². The molecule has 4 rings (SSSR count). The number of aromatic nitrogens is 2. The van der Waals surface area contributed by atoms with E-state index in [1.807, 2.05) is 0 Å². The molecule has 1 aromatic heterocycles. The van der Waals surface area contributed by atoms with Crippen molar-refractivity contribution in [2.45, 2.75) is 19.4 Å². The molecule has 1 aliphatic heterocycles. The number of benzene rings is 2. The van der Waals surface area contributed by atoms with Crippen molar-refractivity contribution in [2.24, 2.45) is 5.92 Å². The van der Waals surface area contributed by atoms with Crippen LogP contribution in [0.25, 0.3) is 10.9 Å². The van der Waals surface area contributed by atoms with Crippen molar-refractivity contribution in [3.8, 4) is 11.5 Å². The Morgan fingerprint density at radius 3 is 2.69 bits per heavy atom. The van der Waals surface area contributed by atoms with E-state index in [4.69, 9.17) is 4.74 Å². The molecule has 8 nitrogen and oxygen atoms in total. The van der Waals surface area contributed by atoms with Crippen LogP contribution in [0.5, 0.6) is 11.5 Å². The van der Waals surface area contributed by atoms with Gasteiger partial charge in [0.25, 0.3) is 11.2 Å². The van der Waals surface area contributed by atoms with E-state index in [0.29, 0.717) is 34.9 Å². The number of piperidine rings is 1. The highest BCUT2D eigenvalue weighted by Crippen LogP contribution is 2.25. The second-order valence-corrected chi connectivity index (χ2v) is 7.50. The van der Waals surface area contributed by atoms with Gasteiger partial charge in [-0.15, -0.1) is 0 Å². The monoisotopic (exact) mass is 394 g/mol. The second-order valence-electron chi connectivity index (χ2n) is 7.50. The van der Waals surface area contributed by atoms with Crippen molar-refractivity contribution in [3.63, 3.8) is 0 Å². The van der Waals surface area contributed by atoms with Gasteiger partial charge in [-0.25, -0.2) is 4.98 Å². The van der Waals surface area contributed by atoms with Gasteiger partial charge in [0.2, 0.25) is 0 Å². The molecule has 1 atom stereocenters. The summed E-state index contributed by atoms with van der Waals surface area (Å²) in [6.45, 7) is 2.73. The van der Waals surface area contributed by atoms with Gasteiger partial charge in [-0.3, -0.25) is 19.5 Å². The molecule has 3 aromatic rings. The van der Waals surface area contributed by atoms with Crippen molar-refractivity contribution in [1.29, 1.82) is 0 Å². The molecular weight excluding hydrogens is 372 g/mol. The third-order valence-electron chi connectivity index (χ3n) is 5.26. The fraction of sp³-hybridized carbons (Fsp3) is 0.333. The normalized spacial score (nSPS) is 17.3. The Morgan fingerprint density at radius 1 is 1.21 bits per heavy atom. The Labute approximate surface area is 167 Å². The van der Waals surface area contributed by atoms with Crippen LogP contribution in [0.1, 0.15) is 12.8 Å². The number of fused-ring (bicyclic) bond motifs is 1. The van der Waals surface area contributed by atoms with Crippen LogP contribution >= 0.6 is 0 Å². The molecule has 0 aliphatic carbocycles. The highest BCUT2D eigenvalue weighted by Gasteiger charge is 2.18. The summed E-state index contributed by atoms with van der Waals surface area (Å²) in [5.41, 5.74) is 0.525. The minimum atomic E-state index is -0.460. The summed E-state index contributed by atoms with van der Waals surface area (Å²) in [6.07, 6.45) is 3.87.